The number of hydrogen-bond acceptors (Lipinski definition) is 4. The molecule has 0 bridgehead atoms. The van der Waals surface area contributed by atoms with Gasteiger partial charge in [-0.15, -0.1) is 0 Å². The van der Waals surface area contributed by atoms with Crippen LogP contribution in [-0.2, 0) is 4.74 Å². The molecule has 0 spiro atoms. The van der Waals surface area contributed by atoms with Crippen molar-refractivity contribution in [2.75, 3.05) is 13.1 Å². The van der Waals surface area contributed by atoms with Crippen molar-refractivity contribution in [1.82, 2.24) is 15.2 Å². The molecular formula is C16H22FN3O3. The average Bonchev–Trinajstić information content (AvgIpc) is 2.45. The number of likely N-dealkylation sites (tertiary alicyclic amines) is 1. The fourth-order valence-corrected chi connectivity index (χ4v) is 2.47. The Morgan fingerprint density at radius 1 is 1.43 bits per heavy atom. The van der Waals surface area contributed by atoms with Crippen LogP contribution in [-0.4, -0.2) is 46.6 Å². The Morgan fingerprint density at radius 3 is 2.83 bits per heavy atom. The maximum Gasteiger partial charge on any atom is 0.407 e. The summed E-state index contributed by atoms with van der Waals surface area (Å²) < 4.78 is 18.9. The lowest BCUT2D eigenvalue weighted by molar-refractivity contribution is 0.0451. The SMILES string of the molecule is CC(C)(C)OC(=O)NC1CCCN(C(=O)c2cccnc2F)C1. The Morgan fingerprint density at radius 2 is 2.17 bits per heavy atom. The molecule has 0 aromatic carbocycles. The summed E-state index contributed by atoms with van der Waals surface area (Å²) in [7, 11) is 0. The van der Waals surface area contributed by atoms with Gasteiger partial charge >= 0.3 is 6.09 Å². The Bertz CT molecular complexity index is 586. The highest BCUT2D eigenvalue weighted by atomic mass is 19.1. The summed E-state index contributed by atoms with van der Waals surface area (Å²) in [4.78, 5) is 29.2. The van der Waals surface area contributed by atoms with Crippen molar-refractivity contribution < 1.29 is 18.7 Å². The number of carbonyl (C=O) groups excluding carboxylic acids is 2. The Hall–Kier alpha value is -2.18. The molecule has 1 fully saturated rings. The Kier molecular flexibility index (Phi) is 5.18. The van der Waals surface area contributed by atoms with Crippen molar-refractivity contribution in [3.05, 3.63) is 29.8 Å². The van der Waals surface area contributed by atoms with Crippen LogP contribution in [0.4, 0.5) is 9.18 Å². The number of halogens is 1. The van der Waals surface area contributed by atoms with Gasteiger partial charge in [-0.25, -0.2) is 9.78 Å². The van der Waals surface area contributed by atoms with Gasteiger partial charge in [-0.1, -0.05) is 0 Å². The van der Waals surface area contributed by atoms with Crippen LogP contribution in [0.5, 0.6) is 0 Å². The monoisotopic (exact) mass is 323 g/mol. The van der Waals surface area contributed by atoms with Crippen LogP contribution >= 0.6 is 0 Å². The van der Waals surface area contributed by atoms with Gasteiger partial charge in [0.15, 0.2) is 0 Å². The number of carbonyl (C=O) groups is 2. The van der Waals surface area contributed by atoms with E-state index in [1.165, 1.54) is 23.2 Å². The molecule has 1 aliphatic rings. The molecule has 1 N–H and O–H groups in total. The van der Waals surface area contributed by atoms with E-state index in [0.717, 1.165) is 12.8 Å². The first-order valence-corrected chi connectivity index (χ1v) is 7.65. The molecule has 0 saturated carbocycles. The number of alkyl carbamates (subject to hydrolysis) is 1. The van der Waals surface area contributed by atoms with Gasteiger partial charge in [-0.3, -0.25) is 4.79 Å². The number of hydrogen-bond donors (Lipinski definition) is 1. The summed E-state index contributed by atoms with van der Waals surface area (Å²) in [6.07, 6.45) is 2.27. The maximum atomic E-state index is 13.6. The smallest absolute Gasteiger partial charge is 0.407 e. The maximum absolute atomic E-state index is 13.6. The van der Waals surface area contributed by atoms with Crippen molar-refractivity contribution in [3.63, 3.8) is 0 Å². The highest BCUT2D eigenvalue weighted by Gasteiger charge is 2.28. The zero-order valence-corrected chi connectivity index (χ0v) is 13.6. The summed E-state index contributed by atoms with van der Waals surface area (Å²) >= 11 is 0. The second-order valence-electron chi connectivity index (χ2n) is 6.58. The number of aromatic nitrogens is 1. The minimum Gasteiger partial charge on any atom is -0.444 e. The lowest BCUT2D eigenvalue weighted by Crippen LogP contribution is -2.50. The van der Waals surface area contributed by atoms with Gasteiger partial charge in [0.1, 0.15) is 5.60 Å². The van der Waals surface area contributed by atoms with E-state index in [2.05, 4.69) is 10.3 Å². The number of ether oxygens (including phenoxy) is 1. The number of piperidine rings is 1. The predicted molar refractivity (Wildman–Crippen MR) is 82.5 cm³/mol. The van der Waals surface area contributed by atoms with E-state index in [4.69, 9.17) is 4.74 Å². The third-order valence-electron chi connectivity index (χ3n) is 3.42. The highest BCUT2D eigenvalue weighted by molar-refractivity contribution is 5.94. The summed E-state index contributed by atoms with van der Waals surface area (Å²) in [5.74, 6) is -1.19. The molecule has 1 aromatic heterocycles. The topological polar surface area (TPSA) is 71.5 Å². The molecule has 1 atom stereocenters. The van der Waals surface area contributed by atoms with E-state index >= 15 is 0 Å². The molecule has 1 saturated heterocycles. The zero-order chi connectivity index (χ0) is 17.0. The number of nitrogens with zero attached hydrogens (tertiary/aromatic N) is 2. The second kappa shape index (κ2) is 6.93. The lowest BCUT2D eigenvalue weighted by Gasteiger charge is -2.33. The van der Waals surface area contributed by atoms with Crippen molar-refractivity contribution in [1.29, 1.82) is 0 Å². The Labute approximate surface area is 135 Å². The largest absolute Gasteiger partial charge is 0.444 e. The molecule has 126 valence electrons. The molecule has 1 aliphatic heterocycles. The Balaban J connectivity index is 1.97. The van der Waals surface area contributed by atoms with Crippen LogP contribution in [0.25, 0.3) is 0 Å². The van der Waals surface area contributed by atoms with Crippen LogP contribution < -0.4 is 5.32 Å². The third kappa shape index (κ3) is 4.91. The van der Waals surface area contributed by atoms with Crippen LogP contribution in [0.15, 0.2) is 18.3 Å². The van der Waals surface area contributed by atoms with E-state index in [9.17, 15) is 14.0 Å². The van der Waals surface area contributed by atoms with Gasteiger partial charge in [0.25, 0.3) is 5.91 Å². The van der Waals surface area contributed by atoms with Gasteiger partial charge in [0.2, 0.25) is 5.95 Å². The van der Waals surface area contributed by atoms with Gasteiger partial charge in [-0.2, -0.15) is 4.39 Å². The van der Waals surface area contributed by atoms with Gasteiger partial charge in [0, 0.05) is 25.3 Å². The van der Waals surface area contributed by atoms with Gasteiger partial charge in [-0.05, 0) is 45.7 Å². The minimum atomic E-state index is -0.778. The molecule has 2 rings (SSSR count). The molecule has 0 radical (unpaired) electrons. The van der Waals surface area contributed by atoms with E-state index in [0.29, 0.717) is 13.1 Å². The summed E-state index contributed by atoms with van der Waals surface area (Å²) in [6.45, 7) is 6.21. The molecule has 2 heterocycles. The second-order valence-corrected chi connectivity index (χ2v) is 6.58. The molecule has 1 unspecified atom stereocenters. The number of nitrogens with one attached hydrogen (secondary N) is 1. The summed E-state index contributed by atoms with van der Waals surface area (Å²) in [5, 5.41) is 2.76. The molecular weight excluding hydrogens is 301 g/mol. The molecule has 23 heavy (non-hydrogen) atoms. The highest BCUT2D eigenvalue weighted by Crippen LogP contribution is 2.16. The van der Waals surface area contributed by atoms with E-state index in [1.54, 1.807) is 20.8 Å². The van der Waals surface area contributed by atoms with Crippen LogP contribution in [0.3, 0.4) is 0 Å². The molecule has 6 nitrogen and oxygen atoms in total. The first-order chi connectivity index (χ1) is 10.8. The van der Waals surface area contributed by atoms with Crippen molar-refractivity contribution in [3.8, 4) is 0 Å². The summed E-state index contributed by atoms with van der Waals surface area (Å²) in [6, 6.07) is 2.73. The van der Waals surface area contributed by atoms with Crippen molar-refractivity contribution >= 4 is 12.0 Å². The first kappa shape index (κ1) is 17.2. The molecule has 2 amide bonds. The van der Waals surface area contributed by atoms with E-state index < -0.39 is 23.5 Å². The number of pyridine rings is 1. The van der Waals surface area contributed by atoms with E-state index in [-0.39, 0.29) is 11.6 Å². The fourth-order valence-electron chi connectivity index (χ4n) is 2.47. The first-order valence-electron chi connectivity index (χ1n) is 7.65. The van der Waals surface area contributed by atoms with Crippen molar-refractivity contribution in [2.24, 2.45) is 0 Å². The van der Waals surface area contributed by atoms with Crippen LogP contribution in [0.2, 0.25) is 0 Å². The van der Waals surface area contributed by atoms with Crippen LogP contribution in [0, 0.1) is 5.95 Å². The lowest BCUT2D eigenvalue weighted by atomic mass is 10.0. The summed E-state index contributed by atoms with van der Waals surface area (Å²) in [5.41, 5.74) is -0.627. The van der Waals surface area contributed by atoms with Gasteiger partial charge < -0.3 is 15.0 Å². The van der Waals surface area contributed by atoms with E-state index in [1.807, 2.05) is 0 Å². The molecule has 7 heteroatoms. The minimum absolute atomic E-state index is 0.0505. The number of rotatable bonds is 2. The number of amides is 2. The zero-order valence-electron chi connectivity index (χ0n) is 13.6. The predicted octanol–water partition coefficient (Wildman–Crippen LogP) is 2.35. The molecule has 1 aromatic rings. The standard InChI is InChI=1S/C16H22FN3O3/c1-16(2,3)23-15(22)19-11-6-5-9-20(10-11)14(21)12-7-4-8-18-13(12)17/h4,7-8,11H,5-6,9-10H2,1-3H3,(H,19,22). The average molecular weight is 323 g/mol. The fraction of sp³-hybridized carbons (Fsp3) is 0.562. The third-order valence-corrected chi connectivity index (χ3v) is 3.42. The molecule has 0 aliphatic carbocycles. The van der Waals surface area contributed by atoms with Crippen molar-refractivity contribution in [2.45, 2.75) is 45.3 Å². The normalized spacial score (nSPS) is 18.4. The van der Waals surface area contributed by atoms with Crippen LogP contribution in [0.1, 0.15) is 44.0 Å². The quantitative estimate of drug-likeness (QED) is 0.848. The van der Waals surface area contributed by atoms with Gasteiger partial charge in [0.05, 0.1) is 5.56 Å².